The first-order chi connectivity index (χ1) is 10.8. The highest BCUT2D eigenvalue weighted by Gasteiger charge is 2.10. The third-order valence-electron chi connectivity index (χ3n) is 3.12. The second-order valence-corrected chi connectivity index (χ2v) is 5.46. The number of hydrogen-bond acceptors (Lipinski definition) is 5. The molecule has 110 valence electrons. The molecule has 0 saturated heterocycles. The van der Waals surface area contributed by atoms with Crippen LogP contribution < -0.4 is 0 Å². The molecule has 0 aliphatic carbocycles. The topological polar surface area (TPSA) is 59.2 Å². The van der Waals surface area contributed by atoms with E-state index < -0.39 is 0 Å². The molecule has 0 saturated carbocycles. The van der Waals surface area contributed by atoms with Crippen LogP contribution in [0.25, 0.3) is 23.6 Å². The lowest BCUT2D eigenvalue weighted by Crippen LogP contribution is -1.79. The van der Waals surface area contributed by atoms with Crippen molar-refractivity contribution in [1.29, 1.82) is 0 Å². The Hall–Kier alpha value is -2.53. The molecule has 3 rings (SSSR count). The van der Waals surface area contributed by atoms with E-state index in [0.717, 1.165) is 5.56 Å². The Bertz CT molecular complexity index is 794. The van der Waals surface area contributed by atoms with Crippen molar-refractivity contribution >= 4 is 23.9 Å². The highest BCUT2D eigenvalue weighted by atomic mass is 32.2. The Morgan fingerprint density at radius 2 is 1.82 bits per heavy atom. The average molecular weight is 310 g/mol. The van der Waals surface area contributed by atoms with E-state index in [-0.39, 0.29) is 5.75 Å². The van der Waals surface area contributed by atoms with Crippen LogP contribution >= 0.6 is 11.8 Å². The largest absolute Gasteiger partial charge is 0.507 e. The zero-order valence-corrected chi connectivity index (χ0v) is 12.7. The third-order valence-corrected chi connectivity index (χ3v) is 3.86. The van der Waals surface area contributed by atoms with Gasteiger partial charge in [0.15, 0.2) is 5.82 Å². The first-order valence-electron chi connectivity index (χ1n) is 6.70. The Balaban J connectivity index is 1.79. The molecule has 22 heavy (non-hydrogen) atoms. The molecule has 1 N–H and O–H groups in total. The SMILES string of the molecule is CSc1ccc(/C=C/c2noc(-c3ccccc3O)n2)cc1. The molecule has 0 fully saturated rings. The molecule has 0 atom stereocenters. The zero-order valence-electron chi connectivity index (χ0n) is 11.9. The van der Waals surface area contributed by atoms with Gasteiger partial charge >= 0.3 is 0 Å². The van der Waals surface area contributed by atoms with Gasteiger partial charge in [-0.2, -0.15) is 4.98 Å². The Morgan fingerprint density at radius 3 is 2.55 bits per heavy atom. The number of benzene rings is 2. The van der Waals surface area contributed by atoms with E-state index in [9.17, 15) is 5.11 Å². The zero-order chi connectivity index (χ0) is 15.4. The maximum atomic E-state index is 9.78. The quantitative estimate of drug-likeness (QED) is 0.727. The van der Waals surface area contributed by atoms with Crippen molar-refractivity contribution in [3.05, 3.63) is 59.9 Å². The molecule has 0 bridgehead atoms. The Morgan fingerprint density at radius 1 is 1.05 bits per heavy atom. The summed E-state index contributed by atoms with van der Waals surface area (Å²) in [6.07, 6.45) is 5.75. The highest BCUT2D eigenvalue weighted by Crippen LogP contribution is 2.27. The smallest absolute Gasteiger partial charge is 0.261 e. The molecule has 0 aliphatic heterocycles. The molecule has 2 aromatic carbocycles. The Kier molecular flexibility index (Phi) is 4.25. The first-order valence-corrected chi connectivity index (χ1v) is 7.93. The average Bonchev–Trinajstić information content (AvgIpc) is 3.02. The van der Waals surface area contributed by atoms with Crippen LogP contribution in [0.3, 0.4) is 0 Å². The van der Waals surface area contributed by atoms with Crippen LogP contribution in [0.4, 0.5) is 0 Å². The maximum absolute atomic E-state index is 9.78. The normalized spacial score (nSPS) is 11.1. The minimum Gasteiger partial charge on any atom is -0.507 e. The van der Waals surface area contributed by atoms with Crippen LogP contribution in [-0.4, -0.2) is 21.5 Å². The fourth-order valence-electron chi connectivity index (χ4n) is 1.95. The van der Waals surface area contributed by atoms with Crippen molar-refractivity contribution in [1.82, 2.24) is 10.1 Å². The fourth-order valence-corrected chi connectivity index (χ4v) is 2.36. The van der Waals surface area contributed by atoms with E-state index >= 15 is 0 Å². The number of thioether (sulfide) groups is 1. The Labute approximate surface area is 132 Å². The highest BCUT2D eigenvalue weighted by molar-refractivity contribution is 7.98. The van der Waals surface area contributed by atoms with Crippen LogP contribution in [0.2, 0.25) is 0 Å². The monoisotopic (exact) mass is 310 g/mol. The lowest BCUT2D eigenvalue weighted by molar-refractivity contribution is 0.423. The van der Waals surface area contributed by atoms with Crippen molar-refractivity contribution in [2.45, 2.75) is 4.90 Å². The van der Waals surface area contributed by atoms with E-state index in [1.807, 2.05) is 30.5 Å². The van der Waals surface area contributed by atoms with Crippen molar-refractivity contribution < 1.29 is 9.63 Å². The number of nitrogens with zero attached hydrogens (tertiary/aromatic N) is 2. The van der Waals surface area contributed by atoms with Gasteiger partial charge in [0.2, 0.25) is 0 Å². The van der Waals surface area contributed by atoms with Gasteiger partial charge in [-0.1, -0.05) is 35.5 Å². The van der Waals surface area contributed by atoms with E-state index in [4.69, 9.17) is 4.52 Å². The van der Waals surface area contributed by atoms with Crippen LogP contribution in [0.15, 0.2) is 57.9 Å². The molecule has 0 aliphatic rings. The summed E-state index contributed by atoms with van der Waals surface area (Å²) in [5.41, 5.74) is 1.59. The standard InChI is InChI=1S/C17H14N2O2S/c1-22-13-9-6-12(7-10-13)8-11-16-18-17(21-19-16)14-4-2-3-5-15(14)20/h2-11,20H,1H3/b11-8+. The second-order valence-electron chi connectivity index (χ2n) is 4.58. The van der Waals surface area contributed by atoms with Gasteiger partial charge in [0.1, 0.15) is 5.75 Å². The van der Waals surface area contributed by atoms with Crippen LogP contribution in [0.1, 0.15) is 11.4 Å². The van der Waals surface area contributed by atoms with E-state index in [2.05, 4.69) is 22.3 Å². The van der Waals surface area contributed by atoms with Crippen molar-refractivity contribution in [3.63, 3.8) is 0 Å². The predicted octanol–water partition coefficient (Wildman–Crippen LogP) is 4.33. The minimum atomic E-state index is 0.120. The van der Waals surface area contributed by atoms with Crippen LogP contribution in [-0.2, 0) is 0 Å². The number of aromatic hydroxyl groups is 1. The predicted molar refractivity (Wildman–Crippen MR) is 88.5 cm³/mol. The molecule has 0 radical (unpaired) electrons. The van der Waals surface area contributed by atoms with Gasteiger partial charge in [-0.05, 0) is 42.2 Å². The molecular formula is C17H14N2O2S. The van der Waals surface area contributed by atoms with Gasteiger partial charge in [0.25, 0.3) is 5.89 Å². The number of aromatic nitrogens is 2. The second kappa shape index (κ2) is 6.49. The fraction of sp³-hybridized carbons (Fsp3) is 0.0588. The molecule has 0 unspecified atom stereocenters. The molecule has 0 spiro atoms. The van der Waals surface area contributed by atoms with Gasteiger partial charge in [-0.15, -0.1) is 11.8 Å². The summed E-state index contributed by atoms with van der Waals surface area (Å²) in [5, 5.41) is 13.7. The summed E-state index contributed by atoms with van der Waals surface area (Å²) in [6, 6.07) is 15.1. The first kappa shape index (κ1) is 14.4. The van der Waals surface area contributed by atoms with Crippen LogP contribution in [0.5, 0.6) is 5.75 Å². The molecule has 5 heteroatoms. The number of hydrogen-bond donors (Lipinski definition) is 1. The third kappa shape index (κ3) is 3.20. The van der Waals surface area contributed by atoms with Gasteiger partial charge in [0, 0.05) is 4.90 Å². The van der Waals surface area contributed by atoms with Crippen molar-refractivity contribution in [2.24, 2.45) is 0 Å². The lowest BCUT2D eigenvalue weighted by Gasteiger charge is -1.96. The van der Waals surface area contributed by atoms with E-state index in [1.54, 1.807) is 36.0 Å². The summed E-state index contributed by atoms with van der Waals surface area (Å²) in [4.78, 5) is 5.48. The lowest BCUT2D eigenvalue weighted by atomic mass is 10.2. The summed E-state index contributed by atoms with van der Waals surface area (Å²) in [5.74, 6) is 0.886. The van der Waals surface area contributed by atoms with E-state index in [1.165, 1.54) is 4.90 Å². The van der Waals surface area contributed by atoms with Crippen molar-refractivity contribution in [2.75, 3.05) is 6.26 Å². The summed E-state index contributed by atoms with van der Waals surface area (Å²) >= 11 is 1.71. The minimum absolute atomic E-state index is 0.120. The number of phenolic OH excluding ortho intramolecular Hbond substituents is 1. The summed E-state index contributed by atoms with van der Waals surface area (Å²) in [7, 11) is 0. The van der Waals surface area contributed by atoms with Gasteiger partial charge in [-0.3, -0.25) is 0 Å². The number of rotatable bonds is 4. The van der Waals surface area contributed by atoms with Crippen LogP contribution in [0, 0.1) is 0 Å². The summed E-state index contributed by atoms with van der Waals surface area (Å²) < 4.78 is 5.18. The number of phenols is 1. The van der Waals surface area contributed by atoms with Crippen molar-refractivity contribution in [3.8, 4) is 17.2 Å². The van der Waals surface area contributed by atoms with E-state index in [0.29, 0.717) is 17.3 Å². The summed E-state index contributed by atoms with van der Waals surface area (Å²) in [6.45, 7) is 0. The number of para-hydroxylation sites is 1. The molecule has 4 nitrogen and oxygen atoms in total. The molecule has 3 aromatic rings. The molecule has 1 heterocycles. The van der Waals surface area contributed by atoms with Gasteiger partial charge < -0.3 is 9.63 Å². The molecule has 1 aromatic heterocycles. The van der Waals surface area contributed by atoms with Gasteiger partial charge in [0.05, 0.1) is 5.56 Å². The maximum Gasteiger partial charge on any atom is 0.261 e. The van der Waals surface area contributed by atoms with Gasteiger partial charge in [-0.25, -0.2) is 0 Å². The molecule has 0 amide bonds. The molecular weight excluding hydrogens is 296 g/mol.